The molecule has 0 radical (unpaired) electrons. The van der Waals surface area contributed by atoms with Crippen molar-refractivity contribution in [3.63, 3.8) is 0 Å². The van der Waals surface area contributed by atoms with Crippen molar-refractivity contribution in [1.82, 2.24) is 9.55 Å². The maximum absolute atomic E-state index is 12.4. The number of nitrogens with zero attached hydrogens (tertiary/aromatic N) is 1. The zero-order valence-electron chi connectivity index (χ0n) is 9.67. The van der Waals surface area contributed by atoms with Crippen molar-refractivity contribution < 1.29 is 0 Å². The maximum atomic E-state index is 12.4. The van der Waals surface area contributed by atoms with Crippen LogP contribution in [0.1, 0.15) is 0 Å². The van der Waals surface area contributed by atoms with Crippen molar-refractivity contribution in [1.29, 1.82) is 0 Å². The lowest BCUT2D eigenvalue weighted by Crippen LogP contribution is -2.34. The van der Waals surface area contributed by atoms with E-state index in [1.807, 2.05) is 22.9 Å². The fourth-order valence-corrected chi connectivity index (χ4v) is 3.67. The Kier molecular flexibility index (Phi) is 2.85. The molecule has 6 heteroatoms. The first-order valence-electron chi connectivity index (χ1n) is 5.44. The van der Waals surface area contributed by atoms with E-state index in [0.717, 1.165) is 15.0 Å². The molecule has 0 aliphatic heterocycles. The third-order valence-corrected chi connectivity index (χ3v) is 4.55. The summed E-state index contributed by atoms with van der Waals surface area (Å²) in [6.07, 6.45) is 5.19. The molecule has 0 bridgehead atoms. The predicted molar refractivity (Wildman–Crippen MR) is 78.9 cm³/mol. The van der Waals surface area contributed by atoms with Gasteiger partial charge in [0.25, 0.3) is 5.56 Å². The zero-order valence-corrected chi connectivity index (χ0v) is 11.3. The van der Waals surface area contributed by atoms with Crippen LogP contribution in [0, 0.1) is 12.3 Å². The Morgan fingerprint density at radius 3 is 2.89 bits per heavy atom. The molecule has 0 aromatic carbocycles. The molecule has 0 saturated heterocycles. The van der Waals surface area contributed by atoms with Crippen molar-refractivity contribution in [2.75, 3.05) is 0 Å². The van der Waals surface area contributed by atoms with Crippen molar-refractivity contribution in [2.45, 2.75) is 6.54 Å². The van der Waals surface area contributed by atoms with Gasteiger partial charge < -0.3 is 0 Å². The zero-order chi connectivity index (χ0) is 13.4. The lowest BCUT2D eigenvalue weighted by molar-refractivity contribution is 0.743. The van der Waals surface area contributed by atoms with E-state index in [-0.39, 0.29) is 12.1 Å². The van der Waals surface area contributed by atoms with Gasteiger partial charge in [0, 0.05) is 15.8 Å². The molecule has 0 atom stereocenters. The van der Waals surface area contributed by atoms with Crippen LogP contribution in [0.3, 0.4) is 0 Å². The van der Waals surface area contributed by atoms with Gasteiger partial charge in [-0.05, 0) is 11.4 Å². The van der Waals surface area contributed by atoms with Crippen molar-refractivity contribution in [3.05, 3.63) is 43.7 Å². The lowest BCUT2D eigenvalue weighted by Gasteiger charge is -2.00. The first-order chi connectivity index (χ1) is 9.22. The smallest absolute Gasteiger partial charge is 0.298 e. The van der Waals surface area contributed by atoms with E-state index >= 15 is 0 Å². The molecule has 4 nitrogen and oxygen atoms in total. The average Bonchev–Trinajstić information content (AvgIpc) is 3.02. The van der Waals surface area contributed by atoms with Crippen LogP contribution in [-0.4, -0.2) is 9.55 Å². The second kappa shape index (κ2) is 4.53. The summed E-state index contributed by atoms with van der Waals surface area (Å²) in [6, 6.07) is 3.87. The van der Waals surface area contributed by atoms with Crippen LogP contribution in [-0.2, 0) is 6.54 Å². The Morgan fingerprint density at radius 2 is 2.21 bits per heavy atom. The Morgan fingerprint density at radius 1 is 1.37 bits per heavy atom. The number of hydrogen-bond acceptors (Lipinski definition) is 4. The molecule has 0 aliphatic rings. The Bertz CT molecular complexity index is 891. The fraction of sp³-hybridized carbons (Fsp3) is 0.0769. The summed E-state index contributed by atoms with van der Waals surface area (Å²) in [5, 5.41) is 4.36. The second-order valence-corrected chi connectivity index (χ2v) is 5.68. The van der Waals surface area contributed by atoms with E-state index in [1.54, 1.807) is 11.3 Å². The fourth-order valence-electron chi connectivity index (χ4n) is 1.90. The summed E-state index contributed by atoms with van der Waals surface area (Å²) in [7, 11) is 0. The second-order valence-electron chi connectivity index (χ2n) is 3.86. The van der Waals surface area contributed by atoms with E-state index in [9.17, 15) is 9.59 Å². The Hall–Kier alpha value is -2.10. The third-order valence-electron chi connectivity index (χ3n) is 2.75. The van der Waals surface area contributed by atoms with Gasteiger partial charge in [-0.3, -0.25) is 9.78 Å². The molecular weight excluding hydrogens is 280 g/mol. The van der Waals surface area contributed by atoms with Crippen molar-refractivity contribution in [3.8, 4) is 22.8 Å². The molecule has 1 N–H and O–H groups in total. The van der Waals surface area contributed by atoms with Gasteiger partial charge in [0.1, 0.15) is 4.83 Å². The third kappa shape index (κ3) is 1.84. The minimum atomic E-state index is -0.463. The molecule has 3 rings (SSSR count). The molecule has 94 valence electrons. The van der Waals surface area contributed by atoms with E-state index < -0.39 is 5.69 Å². The van der Waals surface area contributed by atoms with Crippen LogP contribution in [0.2, 0.25) is 0 Å². The van der Waals surface area contributed by atoms with Crippen LogP contribution in [0.4, 0.5) is 0 Å². The number of nitrogens with one attached hydrogen (secondary N) is 1. The van der Waals surface area contributed by atoms with Crippen molar-refractivity contribution >= 4 is 32.9 Å². The van der Waals surface area contributed by atoms with Gasteiger partial charge in [0.05, 0.1) is 11.9 Å². The van der Waals surface area contributed by atoms with Gasteiger partial charge >= 0.3 is 5.69 Å². The number of aromatic amines is 1. The highest BCUT2D eigenvalue weighted by Crippen LogP contribution is 2.32. The quantitative estimate of drug-likeness (QED) is 0.734. The minimum Gasteiger partial charge on any atom is -0.298 e. The van der Waals surface area contributed by atoms with Gasteiger partial charge in [-0.15, -0.1) is 29.1 Å². The number of thiophene rings is 2. The summed E-state index contributed by atoms with van der Waals surface area (Å²) in [4.78, 5) is 28.4. The normalized spacial score (nSPS) is 10.7. The first kappa shape index (κ1) is 12.0. The number of H-pyrrole nitrogens is 1. The molecular formula is C13H8N2O2S2. The minimum absolute atomic E-state index is 0.0240. The number of fused-ring (bicyclic) bond motifs is 1. The summed E-state index contributed by atoms with van der Waals surface area (Å²) in [5.41, 5.74) is 0.0541. The van der Waals surface area contributed by atoms with Crippen LogP contribution in [0.5, 0.6) is 0 Å². The molecule has 0 saturated carbocycles. The highest BCUT2D eigenvalue weighted by atomic mass is 32.1. The molecule has 19 heavy (non-hydrogen) atoms. The molecule has 3 aromatic rings. The molecule has 3 heterocycles. The summed E-state index contributed by atoms with van der Waals surface area (Å²) in [6.45, 7) is -0.0240. The molecule has 0 spiro atoms. The van der Waals surface area contributed by atoms with Gasteiger partial charge in [-0.2, -0.15) is 0 Å². The number of aromatic nitrogens is 2. The lowest BCUT2D eigenvalue weighted by atomic mass is 10.2. The van der Waals surface area contributed by atoms with Gasteiger partial charge in [-0.25, -0.2) is 9.36 Å². The maximum Gasteiger partial charge on any atom is 0.330 e. The Balaban J connectivity index is 2.41. The topological polar surface area (TPSA) is 54.9 Å². The average molecular weight is 288 g/mol. The van der Waals surface area contributed by atoms with E-state index in [2.05, 4.69) is 10.9 Å². The number of rotatable bonds is 2. The van der Waals surface area contributed by atoms with Crippen molar-refractivity contribution in [2.24, 2.45) is 0 Å². The standard InChI is InChI=1S/C13H8N2O2S2/c1-2-5-15-12(16)10-8(9-4-3-6-18-9)7-19-11(10)14-13(15)17/h1,3-4,6-7H,5H2,(H,14,17). The van der Waals surface area contributed by atoms with Gasteiger partial charge in [0.15, 0.2) is 0 Å². The van der Waals surface area contributed by atoms with E-state index in [0.29, 0.717) is 10.2 Å². The summed E-state index contributed by atoms with van der Waals surface area (Å²) in [5.74, 6) is 2.33. The number of terminal acetylenes is 1. The molecule has 0 unspecified atom stereocenters. The first-order valence-corrected chi connectivity index (χ1v) is 7.20. The van der Waals surface area contributed by atoms with E-state index in [4.69, 9.17) is 6.42 Å². The van der Waals surface area contributed by atoms with E-state index in [1.165, 1.54) is 11.3 Å². The molecule has 0 fully saturated rings. The summed E-state index contributed by atoms with van der Waals surface area (Å²) < 4.78 is 1.05. The highest BCUT2D eigenvalue weighted by Gasteiger charge is 2.14. The molecule has 0 amide bonds. The molecule has 0 aliphatic carbocycles. The number of hydrogen-bond donors (Lipinski definition) is 1. The van der Waals surface area contributed by atoms with Crippen LogP contribution in [0.25, 0.3) is 20.7 Å². The largest absolute Gasteiger partial charge is 0.330 e. The van der Waals surface area contributed by atoms with Crippen LogP contribution >= 0.6 is 22.7 Å². The Labute approximate surface area is 116 Å². The monoisotopic (exact) mass is 288 g/mol. The molecule has 3 aromatic heterocycles. The van der Waals surface area contributed by atoms with Crippen LogP contribution in [0.15, 0.2) is 32.5 Å². The van der Waals surface area contributed by atoms with Crippen LogP contribution < -0.4 is 11.2 Å². The van der Waals surface area contributed by atoms with Gasteiger partial charge in [0.2, 0.25) is 0 Å². The summed E-state index contributed by atoms with van der Waals surface area (Å²) >= 11 is 2.91. The highest BCUT2D eigenvalue weighted by molar-refractivity contribution is 7.18. The van der Waals surface area contributed by atoms with Gasteiger partial charge in [-0.1, -0.05) is 12.0 Å². The SMILES string of the molecule is C#CCn1c(=O)[nH]c2scc(-c3cccs3)c2c1=O. The predicted octanol–water partition coefficient (Wildman–Crippen LogP) is 2.11.